The number of furan rings is 1. The molecule has 5 nitrogen and oxygen atoms in total. The first-order valence-corrected chi connectivity index (χ1v) is 5.76. The maximum Gasteiger partial charge on any atom is 0.310 e. The van der Waals surface area contributed by atoms with Crippen molar-refractivity contribution in [1.29, 1.82) is 0 Å². The number of hydrogen-bond donors (Lipinski definition) is 2. The van der Waals surface area contributed by atoms with E-state index in [0.29, 0.717) is 23.5 Å². The van der Waals surface area contributed by atoms with Crippen LogP contribution in [0.2, 0.25) is 0 Å². The normalized spacial score (nSPS) is 22.1. The Bertz CT molecular complexity index is 515. The van der Waals surface area contributed by atoms with E-state index in [1.165, 1.54) is 0 Å². The third kappa shape index (κ3) is 2.45. The molecule has 0 fully saturated rings. The molecule has 0 radical (unpaired) electrons. The van der Waals surface area contributed by atoms with Crippen LogP contribution in [-0.2, 0) is 4.79 Å². The van der Waals surface area contributed by atoms with Gasteiger partial charge in [-0.05, 0) is 26.3 Å². The van der Waals surface area contributed by atoms with Gasteiger partial charge in [0.25, 0.3) is 5.91 Å². The molecule has 5 heteroatoms. The first-order chi connectivity index (χ1) is 8.47. The third-order valence-corrected chi connectivity index (χ3v) is 3.00. The summed E-state index contributed by atoms with van der Waals surface area (Å²) in [4.78, 5) is 22.7. The largest absolute Gasteiger partial charge is 0.481 e. The summed E-state index contributed by atoms with van der Waals surface area (Å²) in [6.07, 6.45) is 3.73. The number of hydrogen-bond acceptors (Lipinski definition) is 3. The number of aryl methyl sites for hydroxylation is 2. The second-order valence-corrected chi connectivity index (χ2v) is 4.47. The maximum atomic E-state index is 12.0. The number of carbonyl (C=O) groups excluding carboxylic acids is 1. The topological polar surface area (TPSA) is 79.5 Å². The Balaban J connectivity index is 2.00. The van der Waals surface area contributed by atoms with Crippen LogP contribution in [0.3, 0.4) is 0 Å². The average Bonchev–Trinajstić information content (AvgIpc) is 2.85. The highest BCUT2D eigenvalue weighted by Gasteiger charge is 2.26. The van der Waals surface area contributed by atoms with Crippen molar-refractivity contribution < 1.29 is 19.1 Å². The van der Waals surface area contributed by atoms with Gasteiger partial charge in [-0.2, -0.15) is 0 Å². The van der Waals surface area contributed by atoms with Crippen molar-refractivity contribution in [3.8, 4) is 0 Å². The molecule has 0 bridgehead atoms. The molecule has 2 atom stereocenters. The van der Waals surface area contributed by atoms with E-state index in [1.54, 1.807) is 32.1 Å². The molecule has 1 heterocycles. The van der Waals surface area contributed by atoms with Crippen LogP contribution in [0.5, 0.6) is 0 Å². The van der Waals surface area contributed by atoms with Gasteiger partial charge in [-0.25, -0.2) is 0 Å². The van der Waals surface area contributed by atoms with Gasteiger partial charge in [0.15, 0.2) is 0 Å². The lowest BCUT2D eigenvalue weighted by Crippen LogP contribution is -2.33. The summed E-state index contributed by atoms with van der Waals surface area (Å²) in [5, 5.41) is 11.6. The van der Waals surface area contributed by atoms with Crippen molar-refractivity contribution in [1.82, 2.24) is 5.32 Å². The minimum Gasteiger partial charge on any atom is -0.481 e. The Morgan fingerprint density at radius 1 is 1.39 bits per heavy atom. The van der Waals surface area contributed by atoms with Crippen molar-refractivity contribution in [2.24, 2.45) is 5.92 Å². The van der Waals surface area contributed by atoms with Crippen molar-refractivity contribution in [3.63, 3.8) is 0 Å². The first kappa shape index (κ1) is 12.4. The third-order valence-electron chi connectivity index (χ3n) is 3.00. The summed E-state index contributed by atoms with van der Waals surface area (Å²) < 4.78 is 5.29. The van der Waals surface area contributed by atoms with Crippen LogP contribution >= 0.6 is 0 Å². The SMILES string of the molecule is Cc1cc(C(=O)NC2C=CC(C(=O)O)C2)c(C)o1. The molecular formula is C13H15NO4. The number of amides is 1. The van der Waals surface area contributed by atoms with E-state index in [1.807, 2.05) is 0 Å². The fraction of sp³-hybridized carbons (Fsp3) is 0.385. The number of nitrogens with one attached hydrogen (secondary N) is 1. The molecule has 96 valence electrons. The second-order valence-electron chi connectivity index (χ2n) is 4.47. The van der Waals surface area contributed by atoms with Gasteiger partial charge >= 0.3 is 5.97 Å². The van der Waals surface area contributed by atoms with Crippen molar-refractivity contribution >= 4 is 11.9 Å². The Kier molecular flexibility index (Phi) is 3.23. The highest BCUT2D eigenvalue weighted by atomic mass is 16.4. The molecule has 0 aromatic carbocycles. The van der Waals surface area contributed by atoms with Crippen molar-refractivity contribution in [2.75, 3.05) is 0 Å². The molecule has 18 heavy (non-hydrogen) atoms. The van der Waals surface area contributed by atoms with Gasteiger partial charge in [0.05, 0.1) is 11.5 Å². The van der Waals surface area contributed by atoms with Crippen LogP contribution in [-0.4, -0.2) is 23.0 Å². The first-order valence-electron chi connectivity index (χ1n) is 5.76. The standard InChI is InChI=1S/C13H15NO4/c1-7-5-11(8(2)18-7)12(15)14-10-4-3-9(6-10)13(16)17/h3-5,9-10H,6H2,1-2H3,(H,14,15)(H,16,17). The van der Waals surface area contributed by atoms with E-state index in [9.17, 15) is 9.59 Å². The molecule has 1 amide bonds. The lowest BCUT2D eigenvalue weighted by Gasteiger charge is -2.11. The fourth-order valence-electron chi connectivity index (χ4n) is 2.09. The Morgan fingerprint density at radius 2 is 2.11 bits per heavy atom. The zero-order valence-electron chi connectivity index (χ0n) is 10.3. The van der Waals surface area contributed by atoms with Crippen LogP contribution in [0.4, 0.5) is 0 Å². The highest BCUT2D eigenvalue weighted by molar-refractivity contribution is 5.95. The number of rotatable bonds is 3. The molecule has 0 saturated carbocycles. The monoisotopic (exact) mass is 249 g/mol. The van der Waals surface area contributed by atoms with Crippen molar-refractivity contribution in [3.05, 3.63) is 35.3 Å². The van der Waals surface area contributed by atoms with E-state index < -0.39 is 11.9 Å². The lowest BCUT2D eigenvalue weighted by atomic mass is 10.1. The molecular weight excluding hydrogens is 234 g/mol. The predicted molar refractivity (Wildman–Crippen MR) is 64.3 cm³/mol. The smallest absolute Gasteiger partial charge is 0.310 e. The summed E-state index contributed by atoms with van der Waals surface area (Å²) in [6, 6.07) is 1.45. The van der Waals surface area contributed by atoms with Crippen LogP contribution in [0.1, 0.15) is 28.3 Å². The van der Waals surface area contributed by atoms with E-state index in [0.717, 1.165) is 0 Å². The molecule has 1 aromatic heterocycles. The van der Waals surface area contributed by atoms with Gasteiger partial charge in [-0.1, -0.05) is 12.2 Å². The molecule has 2 rings (SSSR count). The molecule has 0 saturated heterocycles. The molecule has 1 aliphatic carbocycles. The van der Waals surface area contributed by atoms with E-state index in [2.05, 4.69) is 5.32 Å². The molecule has 0 spiro atoms. The number of carboxylic acids is 1. The number of aliphatic carboxylic acids is 1. The van der Waals surface area contributed by atoms with Crippen LogP contribution < -0.4 is 5.32 Å². The second kappa shape index (κ2) is 4.68. The summed E-state index contributed by atoms with van der Waals surface area (Å²) in [7, 11) is 0. The average molecular weight is 249 g/mol. The Morgan fingerprint density at radius 3 is 2.61 bits per heavy atom. The Labute approximate surface area is 104 Å². The summed E-state index contributed by atoms with van der Waals surface area (Å²) in [5.41, 5.74) is 0.500. The zero-order valence-corrected chi connectivity index (χ0v) is 10.3. The fourth-order valence-corrected chi connectivity index (χ4v) is 2.09. The molecule has 0 aliphatic heterocycles. The zero-order chi connectivity index (χ0) is 13.3. The van der Waals surface area contributed by atoms with E-state index in [4.69, 9.17) is 9.52 Å². The quantitative estimate of drug-likeness (QED) is 0.798. The minimum absolute atomic E-state index is 0.229. The number of carboxylic acid groups (broad SMARTS) is 1. The predicted octanol–water partition coefficient (Wildman–Crippen LogP) is 1.66. The van der Waals surface area contributed by atoms with Gasteiger partial charge in [0.2, 0.25) is 0 Å². The maximum absolute atomic E-state index is 12.0. The molecule has 1 aliphatic rings. The van der Waals surface area contributed by atoms with Gasteiger partial charge in [-0.3, -0.25) is 9.59 Å². The molecule has 2 unspecified atom stereocenters. The molecule has 1 aromatic rings. The van der Waals surface area contributed by atoms with E-state index >= 15 is 0 Å². The lowest BCUT2D eigenvalue weighted by molar-refractivity contribution is -0.140. The van der Waals surface area contributed by atoms with Crippen molar-refractivity contribution in [2.45, 2.75) is 26.3 Å². The summed E-state index contributed by atoms with van der Waals surface area (Å²) in [6.45, 7) is 3.51. The molecule has 2 N–H and O–H groups in total. The summed E-state index contributed by atoms with van der Waals surface area (Å²) in [5.74, 6) is -0.351. The van der Waals surface area contributed by atoms with Gasteiger partial charge in [0.1, 0.15) is 11.5 Å². The summed E-state index contributed by atoms with van der Waals surface area (Å²) >= 11 is 0. The van der Waals surface area contributed by atoms with Gasteiger partial charge in [-0.15, -0.1) is 0 Å². The minimum atomic E-state index is -0.863. The van der Waals surface area contributed by atoms with Crippen LogP contribution in [0.25, 0.3) is 0 Å². The van der Waals surface area contributed by atoms with Gasteiger partial charge < -0.3 is 14.8 Å². The van der Waals surface area contributed by atoms with Gasteiger partial charge in [0, 0.05) is 6.04 Å². The van der Waals surface area contributed by atoms with Crippen LogP contribution in [0.15, 0.2) is 22.6 Å². The number of carbonyl (C=O) groups is 2. The van der Waals surface area contributed by atoms with Crippen LogP contribution in [0, 0.1) is 19.8 Å². The van der Waals surface area contributed by atoms with E-state index in [-0.39, 0.29) is 11.9 Å². The highest BCUT2D eigenvalue weighted by Crippen LogP contribution is 2.19. The Hall–Kier alpha value is -2.04.